The molecule has 0 saturated carbocycles. The molecule has 0 radical (unpaired) electrons. The molecule has 5 heteroatoms. The Morgan fingerprint density at radius 3 is 2.53 bits per heavy atom. The number of fused-ring (bicyclic) bond motifs is 1. The molecule has 1 aliphatic rings. The molecule has 1 heterocycles. The van der Waals surface area contributed by atoms with Crippen molar-refractivity contribution in [1.29, 1.82) is 0 Å². The van der Waals surface area contributed by atoms with E-state index in [1.54, 1.807) is 0 Å². The Kier molecular flexibility index (Phi) is 2.32. The van der Waals surface area contributed by atoms with Gasteiger partial charge in [-0.05, 0) is 26.8 Å². The zero-order chi connectivity index (χ0) is 13.0. The molecule has 0 spiro atoms. The van der Waals surface area contributed by atoms with Crippen molar-refractivity contribution in [3.05, 3.63) is 22.8 Å². The molecule has 1 unspecified atom stereocenters. The largest absolute Gasteiger partial charge is 0.508 e. The van der Waals surface area contributed by atoms with Gasteiger partial charge in [-0.3, -0.25) is 0 Å². The molecule has 1 aromatic rings. The molecule has 0 aromatic heterocycles. The smallest absolute Gasteiger partial charge is 0.343 e. The summed E-state index contributed by atoms with van der Waals surface area (Å²) in [5, 5.41) is 29.2. The number of rotatable bonds is 1. The van der Waals surface area contributed by atoms with Crippen LogP contribution in [-0.4, -0.2) is 27.4 Å². The highest BCUT2D eigenvalue weighted by Crippen LogP contribution is 2.46. The fraction of sp³-hybridized carbons (Fsp3) is 0.417. The summed E-state index contributed by atoms with van der Waals surface area (Å²) in [6.45, 7) is 4.52. The van der Waals surface area contributed by atoms with Crippen LogP contribution in [0.3, 0.4) is 0 Å². The molecule has 0 amide bonds. The van der Waals surface area contributed by atoms with Crippen molar-refractivity contribution in [2.45, 2.75) is 32.5 Å². The van der Waals surface area contributed by atoms with Crippen molar-refractivity contribution in [1.82, 2.24) is 0 Å². The Hall–Kier alpha value is -1.75. The van der Waals surface area contributed by atoms with Gasteiger partial charge in [-0.15, -0.1) is 0 Å². The topological polar surface area (TPSA) is 87.0 Å². The third-order valence-corrected chi connectivity index (χ3v) is 3.37. The predicted octanol–water partition coefficient (Wildman–Crippen LogP) is 1.17. The molecule has 2 atom stereocenters. The maximum Gasteiger partial charge on any atom is 0.343 e. The number of aromatic hydroxyl groups is 2. The minimum Gasteiger partial charge on any atom is -0.508 e. The molecular weight excluding hydrogens is 224 g/mol. The number of cyclic esters (lactones) is 1. The number of hydrogen-bond acceptors (Lipinski definition) is 5. The Morgan fingerprint density at radius 2 is 2.00 bits per heavy atom. The van der Waals surface area contributed by atoms with Gasteiger partial charge in [-0.25, -0.2) is 4.79 Å². The van der Waals surface area contributed by atoms with E-state index >= 15 is 0 Å². The number of phenolic OH excluding ortho intramolecular Hbond substituents is 2. The molecule has 3 N–H and O–H groups in total. The molecule has 2 rings (SSSR count). The second-order valence-corrected chi connectivity index (χ2v) is 4.46. The quantitative estimate of drug-likeness (QED) is 0.639. The second kappa shape index (κ2) is 3.37. The molecule has 0 aliphatic carbocycles. The van der Waals surface area contributed by atoms with E-state index in [2.05, 4.69) is 0 Å². The lowest BCUT2D eigenvalue weighted by Gasteiger charge is -2.27. The summed E-state index contributed by atoms with van der Waals surface area (Å²) in [5.41, 5.74) is -0.702. The number of aliphatic hydroxyl groups is 1. The number of carbonyl (C=O) groups excluding carboxylic acids is 1. The van der Waals surface area contributed by atoms with Crippen LogP contribution in [-0.2, 0) is 10.3 Å². The summed E-state index contributed by atoms with van der Waals surface area (Å²) >= 11 is 0. The first kappa shape index (κ1) is 11.7. The molecule has 0 saturated heterocycles. The summed E-state index contributed by atoms with van der Waals surface area (Å²) in [7, 11) is 0. The van der Waals surface area contributed by atoms with E-state index < -0.39 is 17.7 Å². The molecule has 5 nitrogen and oxygen atoms in total. The normalized spacial score (nSPS) is 24.4. The van der Waals surface area contributed by atoms with E-state index in [0.717, 1.165) is 0 Å². The minimum atomic E-state index is -1.24. The monoisotopic (exact) mass is 238 g/mol. The van der Waals surface area contributed by atoms with Gasteiger partial charge in [-0.2, -0.15) is 0 Å². The van der Waals surface area contributed by atoms with Gasteiger partial charge in [-0.1, -0.05) is 0 Å². The highest BCUT2D eigenvalue weighted by molar-refractivity contribution is 5.98. The van der Waals surface area contributed by atoms with Crippen molar-refractivity contribution in [2.24, 2.45) is 0 Å². The molecular formula is C12H14O5. The first-order valence-electron chi connectivity index (χ1n) is 5.26. The molecule has 1 aromatic carbocycles. The van der Waals surface area contributed by atoms with Crippen molar-refractivity contribution in [3.63, 3.8) is 0 Å². The number of hydrogen-bond donors (Lipinski definition) is 3. The van der Waals surface area contributed by atoms with E-state index in [1.807, 2.05) is 0 Å². The minimum absolute atomic E-state index is 0.0173. The van der Waals surface area contributed by atoms with Gasteiger partial charge in [0.15, 0.2) is 5.60 Å². The summed E-state index contributed by atoms with van der Waals surface area (Å²) in [4.78, 5) is 11.7. The third kappa shape index (κ3) is 1.39. The van der Waals surface area contributed by atoms with Crippen LogP contribution in [0.25, 0.3) is 0 Å². The average Bonchev–Trinajstić information content (AvgIpc) is 2.49. The molecule has 17 heavy (non-hydrogen) atoms. The third-order valence-electron chi connectivity index (χ3n) is 3.37. The first-order chi connectivity index (χ1) is 7.79. The maximum absolute atomic E-state index is 11.7. The fourth-order valence-electron chi connectivity index (χ4n) is 1.96. The first-order valence-corrected chi connectivity index (χ1v) is 5.26. The number of aliphatic hydroxyl groups excluding tert-OH is 1. The van der Waals surface area contributed by atoms with Crippen LogP contribution < -0.4 is 0 Å². The van der Waals surface area contributed by atoms with Crippen LogP contribution in [0.5, 0.6) is 11.5 Å². The molecule has 1 aliphatic heterocycles. The Morgan fingerprint density at radius 1 is 1.41 bits per heavy atom. The average molecular weight is 238 g/mol. The van der Waals surface area contributed by atoms with Gasteiger partial charge in [0.2, 0.25) is 0 Å². The van der Waals surface area contributed by atoms with Gasteiger partial charge in [0.1, 0.15) is 17.1 Å². The van der Waals surface area contributed by atoms with Crippen molar-refractivity contribution >= 4 is 5.97 Å². The Bertz CT molecular complexity index is 506. The van der Waals surface area contributed by atoms with E-state index in [4.69, 9.17) is 4.74 Å². The zero-order valence-electron chi connectivity index (χ0n) is 9.81. The van der Waals surface area contributed by atoms with Gasteiger partial charge in [0.25, 0.3) is 0 Å². The van der Waals surface area contributed by atoms with Crippen molar-refractivity contribution in [3.8, 4) is 11.5 Å². The highest BCUT2D eigenvalue weighted by Gasteiger charge is 2.47. The second-order valence-electron chi connectivity index (χ2n) is 4.46. The SMILES string of the molecule is Cc1c(O)cc2c(c1O)C(=O)O[C@]2(C)C(C)O. The summed E-state index contributed by atoms with van der Waals surface area (Å²) in [6.07, 6.45) is -0.950. The standard InChI is InChI=1S/C12H14O5/c1-5-8(14)4-7-9(10(5)15)11(16)17-12(7,3)6(2)13/h4,6,13-15H,1-3H3/t6?,12-/m1/s1. The number of esters is 1. The molecule has 0 fully saturated rings. The Labute approximate surface area is 98.3 Å². The van der Waals surface area contributed by atoms with Gasteiger partial charge in [0, 0.05) is 11.1 Å². The van der Waals surface area contributed by atoms with Crippen molar-refractivity contribution in [2.75, 3.05) is 0 Å². The lowest BCUT2D eigenvalue weighted by Crippen LogP contribution is -2.34. The summed E-state index contributed by atoms with van der Waals surface area (Å²) in [6, 6.07) is 1.35. The van der Waals surface area contributed by atoms with E-state index in [1.165, 1.54) is 26.8 Å². The summed E-state index contributed by atoms with van der Waals surface area (Å²) < 4.78 is 5.11. The van der Waals surface area contributed by atoms with Gasteiger partial charge < -0.3 is 20.1 Å². The molecule has 0 bridgehead atoms. The van der Waals surface area contributed by atoms with E-state index in [9.17, 15) is 20.1 Å². The van der Waals surface area contributed by atoms with Crippen LogP contribution in [0, 0.1) is 6.92 Å². The van der Waals surface area contributed by atoms with Crippen LogP contribution in [0.4, 0.5) is 0 Å². The van der Waals surface area contributed by atoms with E-state index in [0.29, 0.717) is 5.56 Å². The molecule has 92 valence electrons. The van der Waals surface area contributed by atoms with Crippen LogP contribution in [0.15, 0.2) is 6.07 Å². The number of benzene rings is 1. The number of carbonyl (C=O) groups is 1. The predicted molar refractivity (Wildman–Crippen MR) is 59.0 cm³/mol. The van der Waals surface area contributed by atoms with Crippen LogP contribution in [0.1, 0.15) is 35.3 Å². The van der Waals surface area contributed by atoms with Crippen molar-refractivity contribution < 1.29 is 24.9 Å². The Balaban J connectivity index is 2.77. The highest BCUT2D eigenvalue weighted by atomic mass is 16.6. The van der Waals surface area contributed by atoms with Gasteiger partial charge >= 0.3 is 5.97 Å². The lowest BCUT2D eigenvalue weighted by atomic mass is 9.88. The number of ether oxygens (including phenoxy) is 1. The summed E-state index contributed by atoms with van der Waals surface area (Å²) in [5.74, 6) is -1.12. The lowest BCUT2D eigenvalue weighted by molar-refractivity contribution is -0.0656. The fourth-order valence-corrected chi connectivity index (χ4v) is 1.96. The maximum atomic E-state index is 11.7. The van der Waals surface area contributed by atoms with Crippen LogP contribution >= 0.6 is 0 Å². The zero-order valence-corrected chi connectivity index (χ0v) is 9.81. The number of phenols is 2. The van der Waals surface area contributed by atoms with Gasteiger partial charge in [0.05, 0.1) is 6.10 Å². The van der Waals surface area contributed by atoms with E-state index in [-0.39, 0.29) is 22.6 Å². The van der Waals surface area contributed by atoms with Crippen LogP contribution in [0.2, 0.25) is 0 Å².